The fraction of sp³-hybridized carbons (Fsp3) is 0.375. The third-order valence-electron chi connectivity index (χ3n) is 5.97. The first-order valence-corrected chi connectivity index (χ1v) is 11.8. The molecule has 9 nitrogen and oxygen atoms in total. The zero-order valence-electron chi connectivity index (χ0n) is 18.7. The van der Waals surface area contributed by atoms with Crippen LogP contribution in [0.3, 0.4) is 0 Å². The van der Waals surface area contributed by atoms with Crippen LogP contribution in [-0.4, -0.2) is 52.9 Å². The Bertz CT molecular complexity index is 1110. The predicted octanol–water partition coefficient (Wildman–Crippen LogP) is 2.56. The van der Waals surface area contributed by atoms with Crippen LogP contribution in [0.4, 0.5) is 0 Å². The van der Waals surface area contributed by atoms with Crippen LogP contribution in [-0.2, 0) is 25.7 Å². The lowest BCUT2D eigenvalue weighted by atomic mass is 9.80. The smallest absolute Gasteiger partial charge is 0.325 e. The highest BCUT2D eigenvalue weighted by molar-refractivity contribution is 8.13. The molecule has 2 aliphatic rings. The van der Waals surface area contributed by atoms with Crippen LogP contribution in [0.2, 0.25) is 0 Å². The van der Waals surface area contributed by atoms with Gasteiger partial charge in [0.1, 0.15) is 13.2 Å². The van der Waals surface area contributed by atoms with E-state index in [0.29, 0.717) is 17.9 Å². The number of hydrogen-bond acceptors (Lipinski definition) is 8. The maximum Gasteiger partial charge on any atom is 0.325 e. The Balaban J connectivity index is 1.51. The summed E-state index contributed by atoms with van der Waals surface area (Å²) in [6, 6.07) is 14.5. The van der Waals surface area contributed by atoms with Crippen molar-refractivity contribution in [1.29, 1.82) is 0 Å². The van der Waals surface area contributed by atoms with Gasteiger partial charge < -0.3 is 19.5 Å². The molecule has 2 heterocycles. The maximum atomic E-state index is 13.4. The number of carbonyl (C=O) groups is 3. The minimum Gasteiger partial charge on any atom is -0.460 e. The Morgan fingerprint density at radius 1 is 1.15 bits per heavy atom. The summed E-state index contributed by atoms with van der Waals surface area (Å²) in [6.07, 6.45) is 0.410. The second-order valence-electron chi connectivity index (χ2n) is 8.09. The largest absolute Gasteiger partial charge is 0.460 e. The Morgan fingerprint density at radius 2 is 1.91 bits per heavy atom. The lowest BCUT2D eigenvalue weighted by Gasteiger charge is -2.26. The molecule has 0 bridgehead atoms. The first kappa shape index (κ1) is 23.7. The maximum absolute atomic E-state index is 13.4. The molecule has 2 aromatic rings. The highest BCUT2D eigenvalue weighted by Gasteiger charge is 2.64. The molecule has 34 heavy (non-hydrogen) atoms. The summed E-state index contributed by atoms with van der Waals surface area (Å²) in [7, 11) is 0. The Morgan fingerprint density at radius 3 is 2.68 bits per heavy atom. The molecule has 2 aliphatic heterocycles. The van der Waals surface area contributed by atoms with Crippen LogP contribution < -0.4 is 14.8 Å². The topological polar surface area (TPSA) is 111 Å². The summed E-state index contributed by atoms with van der Waals surface area (Å²) in [5, 5.41) is 2.36. The number of rotatable bonds is 8. The third kappa shape index (κ3) is 4.91. The van der Waals surface area contributed by atoms with E-state index in [1.807, 2.05) is 30.3 Å². The number of nitrogens with zero attached hydrogens (tertiary/aromatic N) is 1. The molecule has 4 rings (SSSR count). The number of esters is 1. The van der Waals surface area contributed by atoms with Gasteiger partial charge in [0.15, 0.2) is 23.2 Å². The van der Waals surface area contributed by atoms with Gasteiger partial charge in [-0.3, -0.25) is 14.4 Å². The lowest BCUT2D eigenvalue weighted by Crippen LogP contribution is -2.57. The Labute approximate surface area is 200 Å². The van der Waals surface area contributed by atoms with Gasteiger partial charge >= 0.3 is 11.5 Å². The Hall–Kier alpha value is -3.40. The summed E-state index contributed by atoms with van der Waals surface area (Å²) in [6.45, 7) is 1.29. The second kappa shape index (κ2) is 10.3. The number of nitroso groups, excluding NO2 is 1. The van der Waals surface area contributed by atoms with Crippen LogP contribution in [0.25, 0.3) is 0 Å². The van der Waals surface area contributed by atoms with E-state index < -0.39 is 23.3 Å². The van der Waals surface area contributed by atoms with Crippen LogP contribution in [0.5, 0.6) is 11.5 Å². The molecule has 0 aromatic heterocycles. The van der Waals surface area contributed by atoms with E-state index in [4.69, 9.17) is 14.2 Å². The average molecular weight is 486 g/mol. The molecule has 2 unspecified atom stereocenters. The van der Waals surface area contributed by atoms with E-state index in [2.05, 4.69) is 5.32 Å². The van der Waals surface area contributed by atoms with Gasteiger partial charge in [-0.25, -0.2) is 0 Å². The van der Waals surface area contributed by atoms with Gasteiger partial charge in [-0.05, 0) is 23.3 Å². The van der Waals surface area contributed by atoms with Crippen LogP contribution in [0.1, 0.15) is 30.4 Å². The first-order chi connectivity index (χ1) is 16.4. The normalized spacial score (nSPS) is 20.7. The molecule has 1 amide bonds. The molecule has 1 fully saturated rings. The molecule has 178 valence electrons. The van der Waals surface area contributed by atoms with E-state index in [1.165, 1.54) is 6.92 Å². The summed E-state index contributed by atoms with van der Waals surface area (Å²) in [5.74, 6) is -0.660. The summed E-state index contributed by atoms with van der Waals surface area (Å²) < 4.78 is 16.8. The minimum absolute atomic E-state index is 0.0458. The van der Waals surface area contributed by atoms with Crippen molar-refractivity contribution >= 4 is 28.8 Å². The van der Waals surface area contributed by atoms with Gasteiger partial charge in [-0.2, -0.15) is 0 Å². The number of hydrogen-bond donors (Lipinski definition) is 1. The Kier molecular flexibility index (Phi) is 7.16. The van der Waals surface area contributed by atoms with E-state index in [-0.39, 0.29) is 37.4 Å². The quantitative estimate of drug-likeness (QED) is 0.449. The van der Waals surface area contributed by atoms with Gasteiger partial charge in [0.25, 0.3) is 5.91 Å². The molecule has 1 N–H and O–H groups in total. The molecule has 0 radical (unpaired) electrons. The highest BCUT2D eigenvalue weighted by atomic mass is 32.2. The van der Waals surface area contributed by atoms with Crippen molar-refractivity contribution in [3.8, 4) is 11.5 Å². The fourth-order valence-electron chi connectivity index (χ4n) is 4.25. The standard InChI is InChI=1S/C24H24N2O7S/c1-16(27)34-14-24(23(29)25-12-22(28)31-13-17-5-3-2-4-6-17)19(9-10-26(24)30)18-7-8-20-21(11-18)33-15-32-20/h2-8,11,19H,9-10,12-15H2,1H3/p+1. The van der Waals surface area contributed by atoms with Crippen LogP contribution >= 0.6 is 11.8 Å². The first-order valence-electron chi connectivity index (χ1n) is 10.9. The number of nitrogens with one attached hydrogen (secondary N) is 1. The predicted molar refractivity (Wildman–Crippen MR) is 124 cm³/mol. The van der Waals surface area contributed by atoms with E-state index in [1.54, 1.807) is 18.2 Å². The van der Waals surface area contributed by atoms with E-state index in [9.17, 15) is 19.3 Å². The number of ether oxygens (including phenoxy) is 3. The monoisotopic (exact) mass is 485 g/mol. The van der Waals surface area contributed by atoms with Crippen molar-refractivity contribution in [2.24, 2.45) is 0 Å². The van der Waals surface area contributed by atoms with E-state index in [0.717, 1.165) is 27.6 Å². The highest BCUT2D eigenvalue weighted by Crippen LogP contribution is 2.45. The van der Waals surface area contributed by atoms with E-state index >= 15 is 0 Å². The fourth-order valence-corrected chi connectivity index (χ4v) is 5.15. The minimum atomic E-state index is -1.57. The summed E-state index contributed by atoms with van der Waals surface area (Å²) in [5.41, 5.74) is -0.0153. The number of carbonyl (C=O) groups excluding carboxylic acids is 3. The molecule has 10 heteroatoms. The summed E-state index contributed by atoms with van der Waals surface area (Å²) in [4.78, 5) is 50.5. The van der Waals surface area contributed by atoms with Gasteiger partial charge in [0.2, 0.25) is 6.79 Å². The lowest BCUT2D eigenvalue weighted by molar-refractivity contribution is -0.586. The van der Waals surface area contributed by atoms with Gasteiger partial charge in [-0.15, -0.1) is 0 Å². The molecule has 2 aromatic carbocycles. The third-order valence-corrected chi connectivity index (χ3v) is 6.96. The number of thioether (sulfide) groups is 1. The second-order valence-corrected chi connectivity index (χ2v) is 9.24. The number of fused-ring (bicyclic) bond motifs is 1. The van der Waals surface area contributed by atoms with Crippen molar-refractivity contribution in [1.82, 2.24) is 5.32 Å². The van der Waals surface area contributed by atoms with Crippen molar-refractivity contribution in [3.63, 3.8) is 0 Å². The number of benzene rings is 2. The van der Waals surface area contributed by atoms with Crippen molar-refractivity contribution < 1.29 is 33.4 Å². The molecule has 0 saturated carbocycles. The van der Waals surface area contributed by atoms with Gasteiger partial charge in [-0.1, -0.05) is 48.2 Å². The molecular formula is C24H25N2O7S+. The molecule has 0 aliphatic carbocycles. The van der Waals surface area contributed by atoms with Crippen LogP contribution in [0.15, 0.2) is 48.5 Å². The van der Waals surface area contributed by atoms with Crippen molar-refractivity contribution in [2.45, 2.75) is 31.4 Å². The molecule has 0 spiro atoms. The zero-order valence-corrected chi connectivity index (χ0v) is 19.5. The molecule has 2 atom stereocenters. The molecular weight excluding hydrogens is 460 g/mol. The van der Waals surface area contributed by atoms with Crippen molar-refractivity contribution in [2.75, 3.05) is 25.6 Å². The van der Waals surface area contributed by atoms with Gasteiger partial charge in [0, 0.05) is 23.0 Å². The SMILES string of the molecule is CC(=O)SCC1(C(=O)NCC(=O)OCc2ccccc2)C(c2ccc3c(c2)OCO3)CC[N+]1=O. The number of amides is 1. The molecule has 1 saturated heterocycles. The summed E-state index contributed by atoms with van der Waals surface area (Å²) >= 11 is 0.912. The van der Waals surface area contributed by atoms with Crippen molar-refractivity contribution in [3.05, 3.63) is 64.6 Å². The zero-order chi connectivity index (χ0) is 24.1. The average Bonchev–Trinajstić information content (AvgIpc) is 3.44. The van der Waals surface area contributed by atoms with Gasteiger partial charge in [0.05, 0.1) is 11.7 Å². The van der Waals surface area contributed by atoms with Crippen LogP contribution in [0, 0.1) is 4.91 Å².